The van der Waals surface area contributed by atoms with E-state index in [0.717, 1.165) is 16.5 Å². The topological polar surface area (TPSA) is 34.2 Å². The smallest absolute Gasteiger partial charge is 0.399 e. The first-order valence-electron chi connectivity index (χ1n) is 6.85. The third kappa shape index (κ3) is 1.88. The largest absolute Gasteiger partial charge is 0.495 e. The number of rotatable bonds is 1. The van der Waals surface area contributed by atoms with Crippen LogP contribution in [0.2, 0.25) is 0 Å². The van der Waals surface area contributed by atoms with Gasteiger partial charge in [0.1, 0.15) is 5.82 Å². The lowest BCUT2D eigenvalue weighted by Gasteiger charge is -2.32. The van der Waals surface area contributed by atoms with Crippen LogP contribution in [0.15, 0.2) is 18.2 Å². The van der Waals surface area contributed by atoms with E-state index in [0.29, 0.717) is 5.52 Å². The molecule has 2 heterocycles. The Morgan fingerprint density at radius 2 is 1.70 bits per heavy atom. The van der Waals surface area contributed by atoms with E-state index in [4.69, 9.17) is 9.31 Å². The Hall–Kier alpha value is -1.33. The maximum atomic E-state index is 13.9. The van der Waals surface area contributed by atoms with Crippen molar-refractivity contribution in [3.8, 4) is 0 Å². The summed E-state index contributed by atoms with van der Waals surface area (Å²) in [7, 11) is -0.474. The minimum atomic E-state index is -0.474. The number of H-pyrrole nitrogens is 1. The van der Waals surface area contributed by atoms with Gasteiger partial charge in [-0.1, -0.05) is 6.07 Å². The number of benzene rings is 1. The molecular weight excluding hydrogens is 256 g/mol. The van der Waals surface area contributed by atoms with Gasteiger partial charge in [0.05, 0.1) is 16.7 Å². The minimum Gasteiger partial charge on any atom is -0.399 e. The summed E-state index contributed by atoms with van der Waals surface area (Å²) in [5.74, 6) is -0.256. The van der Waals surface area contributed by atoms with Crippen LogP contribution >= 0.6 is 0 Å². The molecule has 0 spiro atoms. The van der Waals surface area contributed by atoms with Gasteiger partial charge in [-0.25, -0.2) is 4.39 Å². The number of nitrogens with one attached hydrogen (secondary N) is 1. The Balaban J connectivity index is 2.11. The van der Waals surface area contributed by atoms with Gasteiger partial charge in [0.25, 0.3) is 0 Å². The molecule has 0 radical (unpaired) electrons. The molecule has 1 fully saturated rings. The number of hydrogen-bond donors (Lipinski definition) is 1. The molecule has 106 valence electrons. The maximum absolute atomic E-state index is 13.9. The summed E-state index contributed by atoms with van der Waals surface area (Å²) >= 11 is 0. The summed E-state index contributed by atoms with van der Waals surface area (Å²) in [6.07, 6.45) is 0. The van der Waals surface area contributed by atoms with E-state index in [1.54, 1.807) is 6.07 Å². The van der Waals surface area contributed by atoms with Gasteiger partial charge < -0.3 is 14.3 Å². The fourth-order valence-corrected chi connectivity index (χ4v) is 2.52. The van der Waals surface area contributed by atoms with E-state index < -0.39 is 18.3 Å². The van der Waals surface area contributed by atoms with Crippen molar-refractivity contribution in [3.63, 3.8) is 0 Å². The maximum Gasteiger partial charge on any atom is 0.495 e. The summed E-state index contributed by atoms with van der Waals surface area (Å²) in [6.45, 7) is 9.95. The van der Waals surface area contributed by atoms with Crippen molar-refractivity contribution in [2.45, 2.75) is 45.8 Å². The molecule has 0 amide bonds. The van der Waals surface area contributed by atoms with Gasteiger partial charge in [0.2, 0.25) is 0 Å². The molecule has 3 nitrogen and oxygen atoms in total. The van der Waals surface area contributed by atoms with Gasteiger partial charge in [-0.15, -0.1) is 0 Å². The quantitative estimate of drug-likeness (QED) is 0.812. The van der Waals surface area contributed by atoms with Crippen LogP contribution < -0.4 is 5.46 Å². The summed E-state index contributed by atoms with van der Waals surface area (Å²) in [6, 6.07) is 5.13. The van der Waals surface area contributed by atoms with Crippen LogP contribution in [-0.2, 0) is 9.31 Å². The first-order chi connectivity index (χ1) is 9.21. The van der Waals surface area contributed by atoms with E-state index >= 15 is 0 Å². The van der Waals surface area contributed by atoms with Gasteiger partial charge >= 0.3 is 7.12 Å². The third-order valence-corrected chi connectivity index (χ3v) is 4.42. The summed E-state index contributed by atoms with van der Waals surface area (Å²) < 4.78 is 26.0. The fourth-order valence-electron chi connectivity index (χ4n) is 2.52. The van der Waals surface area contributed by atoms with Crippen LogP contribution in [0.4, 0.5) is 4.39 Å². The molecule has 1 aliphatic heterocycles. The number of aryl methyl sites for hydroxylation is 1. The number of fused-ring (bicyclic) bond motifs is 1. The van der Waals surface area contributed by atoms with Crippen LogP contribution in [0.3, 0.4) is 0 Å². The molecule has 5 heteroatoms. The Kier molecular flexibility index (Phi) is 2.79. The zero-order chi connectivity index (χ0) is 14.7. The van der Waals surface area contributed by atoms with Gasteiger partial charge in [0.15, 0.2) is 0 Å². The second-order valence-corrected chi connectivity index (χ2v) is 6.47. The monoisotopic (exact) mass is 275 g/mol. The van der Waals surface area contributed by atoms with Crippen LogP contribution in [-0.4, -0.2) is 23.3 Å². The lowest BCUT2D eigenvalue weighted by Crippen LogP contribution is -2.41. The Bertz CT molecular complexity index is 662. The van der Waals surface area contributed by atoms with E-state index in [1.807, 2.05) is 40.7 Å². The first-order valence-corrected chi connectivity index (χ1v) is 6.85. The standard InChI is InChI=1S/C15H19BFNO2/c1-9-8-10-11(6-7-12(17)13(10)18-9)16-19-14(2,3)15(4,5)20-16/h6-8,18H,1-5H3. The van der Waals surface area contributed by atoms with E-state index in [1.165, 1.54) is 6.07 Å². The zero-order valence-corrected chi connectivity index (χ0v) is 12.5. The van der Waals surface area contributed by atoms with E-state index in [-0.39, 0.29) is 5.82 Å². The molecule has 1 aliphatic rings. The molecule has 0 atom stereocenters. The van der Waals surface area contributed by atoms with Gasteiger partial charge in [-0.2, -0.15) is 0 Å². The van der Waals surface area contributed by atoms with Crippen LogP contribution in [0.1, 0.15) is 33.4 Å². The van der Waals surface area contributed by atoms with Crippen molar-refractivity contribution in [3.05, 3.63) is 29.7 Å². The molecule has 1 saturated heterocycles. The van der Waals surface area contributed by atoms with Crippen molar-refractivity contribution in [2.75, 3.05) is 0 Å². The number of hydrogen-bond acceptors (Lipinski definition) is 2. The molecule has 1 N–H and O–H groups in total. The Morgan fingerprint density at radius 3 is 2.30 bits per heavy atom. The molecule has 1 aromatic carbocycles. The lowest BCUT2D eigenvalue weighted by molar-refractivity contribution is 0.00578. The minimum absolute atomic E-state index is 0.256. The SMILES string of the molecule is Cc1cc2c(B3OC(C)(C)C(C)(C)O3)ccc(F)c2[nH]1. The van der Waals surface area contributed by atoms with Crippen molar-refractivity contribution in [1.82, 2.24) is 4.98 Å². The first kappa shape index (κ1) is 13.6. The summed E-state index contributed by atoms with van der Waals surface area (Å²) in [4.78, 5) is 3.05. The molecule has 1 aromatic heterocycles. The highest BCUT2D eigenvalue weighted by Gasteiger charge is 2.52. The molecule has 0 unspecified atom stereocenters. The van der Waals surface area contributed by atoms with Gasteiger partial charge in [0, 0.05) is 11.1 Å². The van der Waals surface area contributed by atoms with Crippen molar-refractivity contribution < 1.29 is 13.7 Å². The molecule has 0 saturated carbocycles. The Morgan fingerprint density at radius 1 is 1.10 bits per heavy atom. The predicted octanol–water partition coefficient (Wildman–Crippen LogP) is 2.91. The highest BCUT2D eigenvalue weighted by molar-refractivity contribution is 6.65. The van der Waals surface area contributed by atoms with Crippen LogP contribution in [0, 0.1) is 12.7 Å². The van der Waals surface area contributed by atoms with Crippen molar-refractivity contribution >= 4 is 23.5 Å². The molecule has 2 aromatic rings. The fraction of sp³-hybridized carbons (Fsp3) is 0.467. The number of aromatic amines is 1. The molecule has 0 aliphatic carbocycles. The van der Waals surface area contributed by atoms with E-state index in [2.05, 4.69) is 4.98 Å². The van der Waals surface area contributed by atoms with Crippen molar-refractivity contribution in [2.24, 2.45) is 0 Å². The third-order valence-electron chi connectivity index (χ3n) is 4.42. The van der Waals surface area contributed by atoms with E-state index in [9.17, 15) is 4.39 Å². The Labute approximate surface area is 118 Å². The summed E-state index contributed by atoms with van der Waals surface area (Å²) in [5.41, 5.74) is 1.50. The summed E-state index contributed by atoms with van der Waals surface area (Å²) in [5, 5.41) is 0.820. The normalized spacial score (nSPS) is 20.8. The molecular formula is C15H19BFNO2. The second-order valence-electron chi connectivity index (χ2n) is 6.47. The van der Waals surface area contributed by atoms with Crippen LogP contribution in [0.5, 0.6) is 0 Å². The molecule has 3 rings (SSSR count). The average molecular weight is 275 g/mol. The second kappa shape index (κ2) is 4.09. The lowest BCUT2D eigenvalue weighted by atomic mass is 9.77. The number of halogens is 1. The number of aromatic nitrogens is 1. The zero-order valence-electron chi connectivity index (χ0n) is 12.5. The highest BCUT2D eigenvalue weighted by atomic mass is 19.1. The molecule has 20 heavy (non-hydrogen) atoms. The van der Waals surface area contributed by atoms with Crippen molar-refractivity contribution in [1.29, 1.82) is 0 Å². The van der Waals surface area contributed by atoms with Gasteiger partial charge in [-0.05, 0) is 52.2 Å². The predicted molar refractivity (Wildman–Crippen MR) is 78.7 cm³/mol. The van der Waals surface area contributed by atoms with Gasteiger partial charge in [-0.3, -0.25) is 0 Å². The highest BCUT2D eigenvalue weighted by Crippen LogP contribution is 2.37. The van der Waals surface area contributed by atoms with Crippen LogP contribution in [0.25, 0.3) is 10.9 Å². The molecule has 0 bridgehead atoms. The average Bonchev–Trinajstić information content (AvgIpc) is 2.78.